The second-order valence-corrected chi connectivity index (χ2v) is 7.10. The highest BCUT2D eigenvalue weighted by Gasteiger charge is 2.25. The number of piperazine rings is 1. The van der Waals surface area contributed by atoms with Gasteiger partial charge in [-0.05, 0) is 12.1 Å². The maximum atomic E-state index is 12.5. The van der Waals surface area contributed by atoms with E-state index in [1.54, 1.807) is 36.3 Å². The molecule has 2 heterocycles. The molecular formula is C20H26N4O4. The summed E-state index contributed by atoms with van der Waals surface area (Å²) < 4.78 is 10.8. The van der Waals surface area contributed by atoms with Crippen molar-refractivity contribution < 1.29 is 18.7 Å². The summed E-state index contributed by atoms with van der Waals surface area (Å²) >= 11 is 0. The molecule has 0 radical (unpaired) electrons. The van der Waals surface area contributed by atoms with Crippen molar-refractivity contribution in [2.24, 2.45) is 0 Å². The van der Waals surface area contributed by atoms with E-state index in [1.165, 1.54) is 0 Å². The van der Waals surface area contributed by atoms with Crippen molar-refractivity contribution in [2.75, 3.05) is 38.2 Å². The Morgan fingerprint density at radius 2 is 1.89 bits per heavy atom. The van der Waals surface area contributed by atoms with Gasteiger partial charge < -0.3 is 19.0 Å². The minimum atomic E-state index is -0.0574. The Bertz CT molecular complexity index is 825. The van der Waals surface area contributed by atoms with E-state index in [0.29, 0.717) is 49.4 Å². The van der Waals surface area contributed by atoms with Gasteiger partial charge in [-0.2, -0.15) is 0 Å². The Kier molecular flexibility index (Phi) is 6.28. The van der Waals surface area contributed by atoms with Gasteiger partial charge in [-0.1, -0.05) is 31.1 Å². The first-order valence-electron chi connectivity index (χ1n) is 9.51. The maximum Gasteiger partial charge on any atom is 0.318 e. The van der Waals surface area contributed by atoms with Crippen molar-refractivity contribution in [3.63, 3.8) is 0 Å². The molecule has 2 aromatic rings. The van der Waals surface area contributed by atoms with Gasteiger partial charge in [0.2, 0.25) is 11.8 Å². The molecule has 1 aliphatic rings. The van der Waals surface area contributed by atoms with Gasteiger partial charge in [-0.15, -0.1) is 5.10 Å². The minimum Gasteiger partial charge on any atom is -0.497 e. The number of ether oxygens (including phenoxy) is 1. The zero-order valence-corrected chi connectivity index (χ0v) is 16.6. The van der Waals surface area contributed by atoms with Crippen LogP contribution in [0.2, 0.25) is 0 Å². The van der Waals surface area contributed by atoms with Crippen LogP contribution >= 0.6 is 0 Å². The second kappa shape index (κ2) is 8.86. The Morgan fingerprint density at radius 3 is 2.54 bits per heavy atom. The Labute approximate surface area is 164 Å². The summed E-state index contributed by atoms with van der Waals surface area (Å²) in [4.78, 5) is 28.6. The zero-order valence-electron chi connectivity index (χ0n) is 16.6. The quantitative estimate of drug-likeness (QED) is 0.676. The minimum absolute atomic E-state index is 0.00991. The fraction of sp³-hybridized carbons (Fsp3) is 0.500. The average molecular weight is 386 g/mol. The van der Waals surface area contributed by atoms with Gasteiger partial charge >= 0.3 is 6.01 Å². The summed E-state index contributed by atoms with van der Waals surface area (Å²) in [5, 5.41) is 8.14. The molecule has 1 saturated heterocycles. The van der Waals surface area contributed by atoms with Gasteiger partial charge in [0.05, 0.1) is 7.11 Å². The first kappa shape index (κ1) is 19.9. The van der Waals surface area contributed by atoms with Gasteiger partial charge in [0, 0.05) is 50.5 Å². The van der Waals surface area contributed by atoms with Crippen LogP contribution in [0.25, 0.3) is 0 Å². The molecule has 0 spiro atoms. The highest BCUT2D eigenvalue weighted by atomic mass is 16.5. The molecule has 0 saturated carbocycles. The van der Waals surface area contributed by atoms with Crippen LogP contribution in [-0.4, -0.2) is 60.1 Å². The van der Waals surface area contributed by atoms with Gasteiger partial charge in [0.1, 0.15) is 5.75 Å². The van der Waals surface area contributed by atoms with Crippen LogP contribution in [0.5, 0.6) is 5.75 Å². The molecule has 8 heteroatoms. The molecule has 0 N–H and O–H groups in total. The number of amides is 1. The molecule has 150 valence electrons. The summed E-state index contributed by atoms with van der Waals surface area (Å²) in [5.74, 6) is 1.37. The van der Waals surface area contributed by atoms with E-state index in [2.05, 4.69) is 10.2 Å². The van der Waals surface area contributed by atoms with Crippen LogP contribution in [0.4, 0.5) is 6.01 Å². The Morgan fingerprint density at radius 1 is 1.14 bits per heavy atom. The van der Waals surface area contributed by atoms with E-state index in [9.17, 15) is 9.59 Å². The number of carbonyl (C=O) groups is 2. The lowest BCUT2D eigenvalue weighted by molar-refractivity contribution is -0.131. The van der Waals surface area contributed by atoms with Crippen molar-refractivity contribution >= 4 is 17.7 Å². The molecule has 1 aliphatic heterocycles. The number of benzene rings is 1. The number of hydrogen-bond donors (Lipinski definition) is 0. The molecule has 1 amide bonds. The first-order valence-corrected chi connectivity index (χ1v) is 9.51. The van der Waals surface area contributed by atoms with Crippen LogP contribution in [0.3, 0.4) is 0 Å². The van der Waals surface area contributed by atoms with Crippen molar-refractivity contribution in [2.45, 2.75) is 32.6 Å². The van der Waals surface area contributed by atoms with E-state index < -0.39 is 0 Å². The second-order valence-electron chi connectivity index (χ2n) is 7.10. The topological polar surface area (TPSA) is 88.8 Å². The lowest BCUT2D eigenvalue weighted by Gasteiger charge is -2.33. The molecule has 1 aromatic heterocycles. The average Bonchev–Trinajstić information content (AvgIpc) is 3.22. The third-order valence-corrected chi connectivity index (χ3v) is 4.78. The van der Waals surface area contributed by atoms with Crippen molar-refractivity contribution in [3.8, 4) is 5.75 Å². The maximum absolute atomic E-state index is 12.5. The molecular weight excluding hydrogens is 360 g/mol. The zero-order chi connectivity index (χ0) is 20.1. The van der Waals surface area contributed by atoms with Gasteiger partial charge in [0.25, 0.3) is 0 Å². The van der Waals surface area contributed by atoms with Gasteiger partial charge in [-0.25, -0.2) is 0 Å². The largest absolute Gasteiger partial charge is 0.497 e. The molecule has 0 unspecified atom stereocenters. The van der Waals surface area contributed by atoms with Crippen molar-refractivity contribution in [1.29, 1.82) is 0 Å². The summed E-state index contributed by atoms with van der Waals surface area (Å²) in [6.45, 7) is 6.42. The Balaban J connectivity index is 1.47. The molecule has 8 nitrogen and oxygen atoms in total. The van der Waals surface area contributed by atoms with E-state index in [-0.39, 0.29) is 30.4 Å². The van der Waals surface area contributed by atoms with E-state index in [1.807, 2.05) is 18.7 Å². The van der Waals surface area contributed by atoms with Crippen LogP contribution in [-0.2, 0) is 4.79 Å². The summed E-state index contributed by atoms with van der Waals surface area (Å²) in [7, 11) is 1.56. The first-order chi connectivity index (χ1) is 13.5. The Hall–Kier alpha value is -2.90. The monoisotopic (exact) mass is 386 g/mol. The number of hydrogen-bond acceptors (Lipinski definition) is 7. The standard InChI is InChI=1S/C20H26N4O4/c1-14(2)19-21-22-20(28-19)24-11-9-23(10-12-24)18(26)8-7-17(25)15-5-4-6-16(13-15)27-3/h4-6,13-14H,7-12H2,1-3H3. The number of ketones is 1. The normalized spacial score (nSPS) is 14.4. The number of rotatable bonds is 7. The number of aromatic nitrogens is 2. The van der Waals surface area contributed by atoms with E-state index in [4.69, 9.17) is 9.15 Å². The predicted octanol–water partition coefficient (Wildman–Crippen LogP) is 2.51. The molecule has 0 bridgehead atoms. The fourth-order valence-electron chi connectivity index (χ4n) is 3.05. The smallest absolute Gasteiger partial charge is 0.318 e. The highest BCUT2D eigenvalue weighted by Crippen LogP contribution is 2.20. The van der Waals surface area contributed by atoms with Crippen LogP contribution in [0.1, 0.15) is 48.9 Å². The molecule has 1 fully saturated rings. The van der Waals surface area contributed by atoms with E-state index in [0.717, 1.165) is 0 Å². The van der Waals surface area contributed by atoms with E-state index >= 15 is 0 Å². The molecule has 0 aliphatic carbocycles. The molecule has 3 rings (SSSR count). The van der Waals surface area contributed by atoms with Crippen LogP contribution in [0.15, 0.2) is 28.7 Å². The van der Waals surface area contributed by atoms with Crippen molar-refractivity contribution in [3.05, 3.63) is 35.7 Å². The van der Waals surface area contributed by atoms with Gasteiger partial charge in [0.15, 0.2) is 5.78 Å². The van der Waals surface area contributed by atoms with Gasteiger partial charge in [-0.3, -0.25) is 9.59 Å². The molecule has 28 heavy (non-hydrogen) atoms. The van der Waals surface area contributed by atoms with Crippen LogP contribution in [0, 0.1) is 0 Å². The summed E-state index contributed by atoms with van der Waals surface area (Å²) in [6, 6.07) is 7.50. The predicted molar refractivity (Wildman–Crippen MR) is 104 cm³/mol. The third kappa shape index (κ3) is 4.68. The summed E-state index contributed by atoms with van der Waals surface area (Å²) in [6.07, 6.45) is 0.391. The molecule has 0 atom stereocenters. The number of nitrogens with zero attached hydrogens (tertiary/aromatic N) is 4. The number of Topliss-reactive ketones (excluding diaryl/α,β-unsaturated/α-hetero) is 1. The SMILES string of the molecule is COc1cccc(C(=O)CCC(=O)N2CCN(c3nnc(C(C)C)o3)CC2)c1. The van der Waals surface area contributed by atoms with Crippen molar-refractivity contribution in [1.82, 2.24) is 15.1 Å². The van der Waals surface area contributed by atoms with Crippen LogP contribution < -0.4 is 9.64 Å². The highest BCUT2D eigenvalue weighted by molar-refractivity contribution is 5.98. The fourth-order valence-corrected chi connectivity index (χ4v) is 3.05. The number of carbonyl (C=O) groups excluding carboxylic acids is 2. The summed E-state index contributed by atoms with van der Waals surface area (Å²) in [5.41, 5.74) is 0.564. The molecule has 1 aromatic carbocycles. The lowest BCUT2D eigenvalue weighted by Crippen LogP contribution is -2.49. The number of anilines is 1. The lowest BCUT2D eigenvalue weighted by atomic mass is 10.1. The third-order valence-electron chi connectivity index (χ3n) is 4.78. The number of methoxy groups -OCH3 is 1.